The van der Waals surface area contributed by atoms with Crippen molar-refractivity contribution in [2.24, 2.45) is 0 Å². The summed E-state index contributed by atoms with van der Waals surface area (Å²) in [6.45, 7) is 0.522. The SMILES string of the molecule is COC(=O)CC(=O)CCCNC(=O)OCc1ccccc1. The molecule has 1 aromatic carbocycles. The third-order valence-corrected chi connectivity index (χ3v) is 2.68. The molecule has 0 saturated carbocycles. The fourth-order valence-corrected chi connectivity index (χ4v) is 1.57. The van der Waals surface area contributed by atoms with Crippen LogP contribution in [0.1, 0.15) is 24.8 Å². The van der Waals surface area contributed by atoms with E-state index in [0.717, 1.165) is 5.56 Å². The maximum atomic E-state index is 11.4. The number of Topliss-reactive ketones (excluding diaryl/α,β-unsaturated/α-hetero) is 1. The second-order valence-electron chi connectivity index (χ2n) is 4.38. The van der Waals surface area contributed by atoms with E-state index in [0.29, 0.717) is 13.0 Å². The highest BCUT2D eigenvalue weighted by Crippen LogP contribution is 2.01. The Labute approximate surface area is 123 Å². The lowest BCUT2D eigenvalue weighted by Crippen LogP contribution is -2.25. The summed E-state index contributed by atoms with van der Waals surface area (Å²) in [6, 6.07) is 9.33. The summed E-state index contributed by atoms with van der Waals surface area (Å²) in [7, 11) is 1.24. The zero-order valence-electron chi connectivity index (χ0n) is 12.0. The van der Waals surface area contributed by atoms with Gasteiger partial charge in [0.05, 0.1) is 7.11 Å². The Morgan fingerprint density at radius 3 is 2.52 bits per heavy atom. The van der Waals surface area contributed by atoms with E-state index in [2.05, 4.69) is 10.1 Å². The second kappa shape index (κ2) is 9.52. The van der Waals surface area contributed by atoms with Crippen molar-refractivity contribution >= 4 is 17.8 Å². The Hall–Kier alpha value is -2.37. The van der Waals surface area contributed by atoms with Gasteiger partial charge in [0.15, 0.2) is 0 Å². The van der Waals surface area contributed by atoms with Crippen LogP contribution in [-0.4, -0.2) is 31.5 Å². The molecule has 0 aliphatic carbocycles. The van der Waals surface area contributed by atoms with Gasteiger partial charge in [0.1, 0.15) is 18.8 Å². The number of hydrogen-bond donors (Lipinski definition) is 1. The average molecular weight is 293 g/mol. The fourth-order valence-electron chi connectivity index (χ4n) is 1.57. The fraction of sp³-hybridized carbons (Fsp3) is 0.400. The standard InChI is InChI=1S/C15H19NO5/c1-20-14(18)10-13(17)8-5-9-16-15(19)21-11-12-6-3-2-4-7-12/h2-4,6-7H,5,8-11H2,1H3,(H,16,19). The molecule has 0 bridgehead atoms. The van der Waals surface area contributed by atoms with Crippen LogP contribution in [0.4, 0.5) is 4.79 Å². The Kier molecular flexibility index (Phi) is 7.56. The van der Waals surface area contributed by atoms with Crippen LogP contribution in [0, 0.1) is 0 Å². The molecule has 0 spiro atoms. The molecule has 1 aromatic rings. The van der Waals surface area contributed by atoms with Crippen molar-refractivity contribution in [2.45, 2.75) is 25.9 Å². The first kappa shape index (κ1) is 16.7. The van der Waals surface area contributed by atoms with E-state index in [4.69, 9.17) is 4.74 Å². The summed E-state index contributed by atoms with van der Waals surface area (Å²) in [5, 5.41) is 2.55. The van der Waals surface area contributed by atoms with E-state index in [1.165, 1.54) is 7.11 Å². The Morgan fingerprint density at radius 1 is 1.14 bits per heavy atom. The Morgan fingerprint density at radius 2 is 1.86 bits per heavy atom. The van der Waals surface area contributed by atoms with Crippen LogP contribution in [0.2, 0.25) is 0 Å². The summed E-state index contributed by atoms with van der Waals surface area (Å²) in [6.07, 6.45) is -0.0847. The maximum Gasteiger partial charge on any atom is 0.407 e. The van der Waals surface area contributed by atoms with Gasteiger partial charge in [-0.2, -0.15) is 0 Å². The summed E-state index contributed by atoms with van der Waals surface area (Å²) in [4.78, 5) is 33.6. The molecule has 1 N–H and O–H groups in total. The van der Waals surface area contributed by atoms with Gasteiger partial charge in [0.2, 0.25) is 0 Å². The van der Waals surface area contributed by atoms with Crippen molar-refractivity contribution in [3.63, 3.8) is 0 Å². The number of carbonyl (C=O) groups excluding carboxylic acids is 3. The number of amides is 1. The minimum absolute atomic E-state index is 0.202. The molecule has 0 heterocycles. The molecule has 0 atom stereocenters. The van der Waals surface area contributed by atoms with Crippen molar-refractivity contribution in [3.05, 3.63) is 35.9 Å². The van der Waals surface area contributed by atoms with Crippen LogP contribution in [0.15, 0.2) is 30.3 Å². The first-order chi connectivity index (χ1) is 10.1. The van der Waals surface area contributed by atoms with E-state index in [1.807, 2.05) is 30.3 Å². The number of methoxy groups -OCH3 is 1. The topological polar surface area (TPSA) is 81.7 Å². The summed E-state index contributed by atoms with van der Waals surface area (Å²) < 4.78 is 9.40. The van der Waals surface area contributed by atoms with Crippen molar-refractivity contribution in [2.75, 3.05) is 13.7 Å². The molecule has 0 unspecified atom stereocenters. The second-order valence-corrected chi connectivity index (χ2v) is 4.38. The highest BCUT2D eigenvalue weighted by atomic mass is 16.5. The van der Waals surface area contributed by atoms with E-state index in [-0.39, 0.29) is 25.2 Å². The van der Waals surface area contributed by atoms with Gasteiger partial charge in [-0.1, -0.05) is 30.3 Å². The van der Waals surface area contributed by atoms with Crippen molar-refractivity contribution in [1.29, 1.82) is 0 Å². The van der Waals surface area contributed by atoms with Gasteiger partial charge in [-0.05, 0) is 12.0 Å². The molecule has 0 saturated heterocycles. The zero-order chi connectivity index (χ0) is 15.5. The molecule has 0 fully saturated rings. The number of nitrogens with one attached hydrogen (secondary N) is 1. The van der Waals surface area contributed by atoms with E-state index < -0.39 is 12.1 Å². The highest BCUT2D eigenvalue weighted by molar-refractivity contribution is 5.95. The zero-order valence-corrected chi connectivity index (χ0v) is 12.0. The largest absolute Gasteiger partial charge is 0.469 e. The van der Waals surface area contributed by atoms with E-state index in [9.17, 15) is 14.4 Å². The molecule has 114 valence electrons. The van der Waals surface area contributed by atoms with Gasteiger partial charge in [0, 0.05) is 13.0 Å². The molecule has 6 nitrogen and oxygen atoms in total. The molecule has 0 aliphatic rings. The van der Waals surface area contributed by atoms with Crippen molar-refractivity contribution in [3.8, 4) is 0 Å². The minimum Gasteiger partial charge on any atom is -0.469 e. The number of ether oxygens (including phenoxy) is 2. The molecular formula is C15H19NO5. The van der Waals surface area contributed by atoms with Gasteiger partial charge < -0.3 is 14.8 Å². The number of rotatable bonds is 8. The monoisotopic (exact) mass is 293 g/mol. The normalized spacial score (nSPS) is 9.76. The number of esters is 1. The van der Waals surface area contributed by atoms with Gasteiger partial charge in [-0.3, -0.25) is 9.59 Å². The molecule has 0 aromatic heterocycles. The predicted octanol–water partition coefficient (Wildman–Crippen LogP) is 1.83. The first-order valence-corrected chi connectivity index (χ1v) is 6.65. The van der Waals surface area contributed by atoms with E-state index >= 15 is 0 Å². The Balaban J connectivity index is 2.08. The number of hydrogen-bond acceptors (Lipinski definition) is 5. The van der Waals surface area contributed by atoms with Gasteiger partial charge >= 0.3 is 12.1 Å². The molecule has 0 aliphatic heterocycles. The van der Waals surface area contributed by atoms with Crippen molar-refractivity contribution < 1.29 is 23.9 Å². The molecule has 6 heteroatoms. The number of alkyl carbamates (subject to hydrolysis) is 1. The molecule has 0 radical (unpaired) electrons. The lowest BCUT2D eigenvalue weighted by atomic mass is 10.2. The highest BCUT2D eigenvalue weighted by Gasteiger charge is 2.09. The molecule has 1 rings (SSSR count). The first-order valence-electron chi connectivity index (χ1n) is 6.65. The van der Waals surface area contributed by atoms with Crippen LogP contribution in [0.3, 0.4) is 0 Å². The average Bonchev–Trinajstić information content (AvgIpc) is 2.50. The Bertz CT molecular complexity index is 472. The summed E-state index contributed by atoms with van der Waals surface area (Å²) in [5.41, 5.74) is 0.904. The van der Waals surface area contributed by atoms with Gasteiger partial charge in [-0.25, -0.2) is 4.79 Å². The summed E-state index contributed by atoms with van der Waals surface area (Å²) >= 11 is 0. The maximum absolute atomic E-state index is 11.4. The van der Waals surface area contributed by atoms with E-state index in [1.54, 1.807) is 0 Å². The van der Waals surface area contributed by atoms with Crippen LogP contribution >= 0.6 is 0 Å². The number of benzene rings is 1. The summed E-state index contributed by atoms with van der Waals surface area (Å²) in [5.74, 6) is -0.753. The third-order valence-electron chi connectivity index (χ3n) is 2.68. The van der Waals surface area contributed by atoms with Gasteiger partial charge in [-0.15, -0.1) is 0 Å². The van der Waals surface area contributed by atoms with Crippen LogP contribution in [-0.2, 0) is 25.7 Å². The quantitative estimate of drug-likeness (QED) is 0.449. The smallest absolute Gasteiger partial charge is 0.407 e. The van der Waals surface area contributed by atoms with Crippen LogP contribution in [0.25, 0.3) is 0 Å². The number of ketones is 1. The molecule has 1 amide bonds. The van der Waals surface area contributed by atoms with Crippen LogP contribution in [0.5, 0.6) is 0 Å². The molecule has 21 heavy (non-hydrogen) atoms. The molecular weight excluding hydrogens is 274 g/mol. The van der Waals surface area contributed by atoms with Crippen molar-refractivity contribution in [1.82, 2.24) is 5.32 Å². The minimum atomic E-state index is -0.546. The van der Waals surface area contributed by atoms with Crippen LogP contribution < -0.4 is 5.32 Å². The predicted molar refractivity (Wildman–Crippen MR) is 75.5 cm³/mol. The number of carbonyl (C=O) groups is 3. The lowest BCUT2D eigenvalue weighted by molar-refractivity contribution is -0.143. The lowest BCUT2D eigenvalue weighted by Gasteiger charge is -2.06. The van der Waals surface area contributed by atoms with Gasteiger partial charge in [0.25, 0.3) is 0 Å². The third kappa shape index (κ3) is 7.71.